The van der Waals surface area contributed by atoms with E-state index in [2.05, 4.69) is 51.3 Å². The van der Waals surface area contributed by atoms with Gasteiger partial charge in [0.05, 0.1) is 18.7 Å². The summed E-state index contributed by atoms with van der Waals surface area (Å²) in [5, 5.41) is 12.8. The van der Waals surface area contributed by atoms with Gasteiger partial charge in [-0.15, -0.1) is 5.10 Å². The molecule has 174 valence electrons. The first-order chi connectivity index (χ1) is 15.7. The topological polar surface area (TPSA) is 77.8 Å². The fourth-order valence-corrected chi connectivity index (χ4v) is 4.96. The molecule has 32 heavy (non-hydrogen) atoms. The molecule has 9 heteroatoms. The summed E-state index contributed by atoms with van der Waals surface area (Å²) in [6.07, 6.45) is 3.50. The average molecular weight is 443 g/mol. The second-order valence-corrected chi connectivity index (χ2v) is 9.50. The van der Waals surface area contributed by atoms with Gasteiger partial charge in [-0.05, 0) is 53.3 Å². The average Bonchev–Trinajstić information content (AvgIpc) is 3.55. The van der Waals surface area contributed by atoms with Crippen molar-refractivity contribution in [3.05, 3.63) is 29.6 Å². The van der Waals surface area contributed by atoms with E-state index in [0.717, 1.165) is 82.5 Å². The summed E-state index contributed by atoms with van der Waals surface area (Å²) < 4.78 is 18.8. The van der Waals surface area contributed by atoms with Crippen molar-refractivity contribution in [1.82, 2.24) is 30.0 Å². The molecule has 9 nitrogen and oxygen atoms in total. The maximum Gasteiger partial charge on any atom is 0.231 e. The number of benzene rings is 1. The normalized spacial score (nSPS) is 22.7. The Labute approximate surface area is 189 Å². The van der Waals surface area contributed by atoms with E-state index < -0.39 is 0 Å². The van der Waals surface area contributed by atoms with E-state index in [4.69, 9.17) is 14.2 Å². The van der Waals surface area contributed by atoms with Gasteiger partial charge in [0.2, 0.25) is 6.79 Å². The summed E-state index contributed by atoms with van der Waals surface area (Å²) in [7, 11) is 0. The van der Waals surface area contributed by atoms with Crippen molar-refractivity contribution in [3.63, 3.8) is 0 Å². The van der Waals surface area contributed by atoms with Crippen LogP contribution in [0.25, 0.3) is 0 Å². The minimum Gasteiger partial charge on any atom is -0.454 e. The molecule has 0 unspecified atom stereocenters. The molecule has 0 amide bonds. The standard InChI is InChI=1S/C23H34N6O3/c1-17(2)12-20(23-24-25-26-29(23)15-19-4-3-11-30-19)28-9-7-27(8-10-28)14-18-5-6-21-22(13-18)32-16-31-21/h5-6,13,17,19-20H,3-4,7-12,14-16H2,1-2H3/t19-,20+/m0/s1. The first kappa shape index (κ1) is 21.6. The number of hydrogen-bond donors (Lipinski definition) is 0. The van der Waals surface area contributed by atoms with Gasteiger partial charge in [0.15, 0.2) is 17.3 Å². The number of fused-ring (bicyclic) bond motifs is 1. The predicted octanol–water partition coefficient (Wildman–Crippen LogP) is 2.49. The molecule has 0 aliphatic carbocycles. The monoisotopic (exact) mass is 442 g/mol. The third kappa shape index (κ3) is 4.89. The van der Waals surface area contributed by atoms with E-state index in [-0.39, 0.29) is 12.1 Å². The lowest BCUT2D eigenvalue weighted by Crippen LogP contribution is -2.48. The van der Waals surface area contributed by atoms with Crippen LogP contribution in [0.4, 0.5) is 0 Å². The first-order valence-electron chi connectivity index (χ1n) is 11.9. The highest BCUT2D eigenvalue weighted by molar-refractivity contribution is 5.44. The van der Waals surface area contributed by atoms with Crippen LogP contribution in [-0.4, -0.2) is 75.7 Å². The Morgan fingerprint density at radius 3 is 2.72 bits per heavy atom. The maximum absolute atomic E-state index is 5.83. The van der Waals surface area contributed by atoms with Crippen LogP contribution in [-0.2, 0) is 17.8 Å². The molecule has 2 fully saturated rings. The minimum atomic E-state index is 0.232. The van der Waals surface area contributed by atoms with Crippen LogP contribution in [0.2, 0.25) is 0 Å². The zero-order valence-electron chi connectivity index (χ0n) is 19.2. The van der Waals surface area contributed by atoms with E-state index in [9.17, 15) is 0 Å². The summed E-state index contributed by atoms with van der Waals surface area (Å²) in [6, 6.07) is 6.50. The van der Waals surface area contributed by atoms with Crippen LogP contribution in [0.5, 0.6) is 11.5 Å². The Balaban J connectivity index is 1.22. The largest absolute Gasteiger partial charge is 0.454 e. The van der Waals surface area contributed by atoms with E-state index in [1.165, 1.54) is 5.56 Å². The predicted molar refractivity (Wildman–Crippen MR) is 118 cm³/mol. The number of aromatic nitrogens is 4. The Hall–Kier alpha value is -2.23. The van der Waals surface area contributed by atoms with Gasteiger partial charge in [-0.3, -0.25) is 9.80 Å². The molecule has 3 aliphatic heterocycles. The second kappa shape index (κ2) is 9.72. The van der Waals surface area contributed by atoms with Crippen molar-refractivity contribution in [2.24, 2.45) is 5.92 Å². The van der Waals surface area contributed by atoms with Crippen LogP contribution in [0.3, 0.4) is 0 Å². The number of rotatable bonds is 8. The van der Waals surface area contributed by atoms with Gasteiger partial charge in [-0.2, -0.15) is 0 Å². The van der Waals surface area contributed by atoms with Crippen molar-refractivity contribution in [3.8, 4) is 11.5 Å². The van der Waals surface area contributed by atoms with E-state index in [1.807, 2.05) is 10.7 Å². The summed E-state index contributed by atoms with van der Waals surface area (Å²) in [4.78, 5) is 5.07. The van der Waals surface area contributed by atoms with Gasteiger partial charge in [0, 0.05) is 39.3 Å². The van der Waals surface area contributed by atoms with Crippen molar-refractivity contribution < 1.29 is 14.2 Å². The molecule has 0 bridgehead atoms. The number of hydrogen-bond acceptors (Lipinski definition) is 8. The highest BCUT2D eigenvalue weighted by Crippen LogP contribution is 2.33. The van der Waals surface area contributed by atoms with Crippen molar-refractivity contribution in [2.45, 2.75) is 58.3 Å². The van der Waals surface area contributed by atoms with Crippen LogP contribution in [0.1, 0.15) is 50.5 Å². The van der Waals surface area contributed by atoms with E-state index in [0.29, 0.717) is 12.7 Å². The Morgan fingerprint density at radius 2 is 1.94 bits per heavy atom. The molecular formula is C23H34N6O3. The van der Waals surface area contributed by atoms with Crippen LogP contribution < -0.4 is 9.47 Å². The molecule has 1 aromatic heterocycles. The van der Waals surface area contributed by atoms with Gasteiger partial charge < -0.3 is 14.2 Å². The SMILES string of the molecule is CC(C)C[C@H](c1nnnn1C[C@@H]1CCCO1)N1CCN(Cc2ccc3c(c2)OCO3)CC1. The van der Waals surface area contributed by atoms with Gasteiger partial charge in [-0.1, -0.05) is 19.9 Å². The molecule has 2 aromatic rings. The zero-order chi connectivity index (χ0) is 21.9. The minimum absolute atomic E-state index is 0.232. The Bertz CT molecular complexity index is 890. The maximum atomic E-state index is 5.83. The highest BCUT2D eigenvalue weighted by Gasteiger charge is 2.31. The fraction of sp³-hybridized carbons (Fsp3) is 0.696. The van der Waals surface area contributed by atoms with Gasteiger partial charge >= 0.3 is 0 Å². The number of piperazine rings is 1. The van der Waals surface area contributed by atoms with Gasteiger partial charge in [0.25, 0.3) is 0 Å². The Morgan fingerprint density at radius 1 is 1.09 bits per heavy atom. The van der Waals surface area contributed by atoms with Crippen LogP contribution >= 0.6 is 0 Å². The molecule has 4 heterocycles. The molecular weight excluding hydrogens is 408 g/mol. The number of tetrazole rings is 1. The van der Waals surface area contributed by atoms with Gasteiger partial charge in [0.1, 0.15) is 0 Å². The van der Waals surface area contributed by atoms with E-state index in [1.54, 1.807) is 0 Å². The first-order valence-corrected chi connectivity index (χ1v) is 11.9. The third-order valence-corrected chi connectivity index (χ3v) is 6.64. The van der Waals surface area contributed by atoms with Crippen molar-refractivity contribution in [1.29, 1.82) is 0 Å². The molecule has 2 saturated heterocycles. The molecule has 2 atom stereocenters. The molecule has 5 rings (SSSR count). The zero-order valence-corrected chi connectivity index (χ0v) is 19.2. The molecule has 0 saturated carbocycles. The smallest absolute Gasteiger partial charge is 0.231 e. The molecule has 0 N–H and O–H groups in total. The lowest BCUT2D eigenvalue weighted by molar-refractivity contribution is 0.0697. The summed E-state index contributed by atoms with van der Waals surface area (Å²) in [5.74, 6) is 3.25. The van der Waals surface area contributed by atoms with Crippen molar-refractivity contribution in [2.75, 3.05) is 39.6 Å². The highest BCUT2D eigenvalue weighted by atomic mass is 16.7. The Kier molecular flexibility index (Phi) is 6.56. The molecule has 3 aliphatic rings. The summed E-state index contributed by atoms with van der Waals surface area (Å²) in [6.45, 7) is 11.5. The summed E-state index contributed by atoms with van der Waals surface area (Å²) in [5.41, 5.74) is 1.27. The lowest BCUT2D eigenvalue weighted by Gasteiger charge is -2.39. The molecule has 1 aromatic carbocycles. The lowest BCUT2D eigenvalue weighted by atomic mass is 10.0. The van der Waals surface area contributed by atoms with Crippen molar-refractivity contribution >= 4 is 0 Å². The molecule has 0 radical (unpaired) electrons. The number of nitrogens with zero attached hydrogens (tertiary/aromatic N) is 6. The van der Waals surface area contributed by atoms with Crippen LogP contribution in [0.15, 0.2) is 18.2 Å². The second-order valence-electron chi connectivity index (χ2n) is 9.50. The summed E-state index contributed by atoms with van der Waals surface area (Å²) >= 11 is 0. The number of ether oxygens (including phenoxy) is 3. The third-order valence-electron chi connectivity index (χ3n) is 6.64. The molecule has 0 spiro atoms. The van der Waals surface area contributed by atoms with Crippen LogP contribution in [0, 0.1) is 5.92 Å². The van der Waals surface area contributed by atoms with E-state index >= 15 is 0 Å². The fourth-order valence-electron chi connectivity index (χ4n) is 4.96. The quantitative estimate of drug-likeness (QED) is 0.617. The van der Waals surface area contributed by atoms with Gasteiger partial charge in [-0.25, -0.2) is 4.68 Å².